The number of amides is 1. The van der Waals surface area contributed by atoms with Crippen LogP contribution in [0.15, 0.2) is 46.2 Å². The second-order valence-corrected chi connectivity index (χ2v) is 7.02. The Morgan fingerprint density at radius 1 is 1.31 bits per heavy atom. The van der Waals surface area contributed by atoms with E-state index in [-0.39, 0.29) is 17.7 Å². The van der Waals surface area contributed by atoms with Crippen LogP contribution in [0, 0.1) is 13.8 Å². The van der Waals surface area contributed by atoms with Crippen molar-refractivity contribution >= 4 is 17.7 Å². The third-order valence-electron chi connectivity index (χ3n) is 4.15. The van der Waals surface area contributed by atoms with Crippen molar-refractivity contribution in [3.05, 3.63) is 53.3 Å². The van der Waals surface area contributed by atoms with E-state index in [1.165, 1.54) is 27.6 Å². The molecule has 0 radical (unpaired) electrons. The van der Waals surface area contributed by atoms with Gasteiger partial charge in [0, 0.05) is 0 Å². The minimum Gasteiger partial charge on any atom is -0.461 e. The topological polar surface area (TPSA) is 99.0 Å². The van der Waals surface area contributed by atoms with Gasteiger partial charge in [-0.1, -0.05) is 30.0 Å². The van der Waals surface area contributed by atoms with E-state index in [0.29, 0.717) is 16.7 Å². The second-order valence-electron chi connectivity index (χ2n) is 6.08. The van der Waals surface area contributed by atoms with Crippen LogP contribution >= 0.6 is 11.8 Å². The lowest BCUT2D eigenvalue weighted by Gasteiger charge is -2.15. The van der Waals surface area contributed by atoms with Crippen molar-refractivity contribution < 1.29 is 9.21 Å². The average Bonchev–Trinajstić information content (AvgIpc) is 3.25. The van der Waals surface area contributed by atoms with Gasteiger partial charge in [0.1, 0.15) is 0 Å². The molecule has 136 valence electrons. The number of hydrogen-bond acceptors (Lipinski definition) is 6. The van der Waals surface area contributed by atoms with Crippen molar-refractivity contribution in [1.82, 2.24) is 20.2 Å². The summed E-state index contributed by atoms with van der Waals surface area (Å²) in [5.41, 5.74) is 3.52. The quantitative estimate of drug-likeness (QED) is 0.511. The number of benzene rings is 1. The normalized spacial score (nSPS) is 12.1. The fourth-order valence-corrected chi connectivity index (χ4v) is 3.15. The zero-order chi connectivity index (χ0) is 18.7. The van der Waals surface area contributed by atoms with E-state index in [2.05, 4.69) is 41.5 Å². The van der Waals surface area contributed by atoms with Gasteiger partial charge in [-0.2, -0.15) is 0 Å². The summed E-state index contributed by atoms with van der Waals surface area (Å²) in [5.74, 6) is 7.03. The summed E-state index contributed by atoms with van der Waals surface area (Å²) >= 11 is 1.23. The molecule has 0 aliphatic carbocycles. The van der Waals surface area contributed by atoms with Crippen molar-refractivity contribution in [1.29, 1.82) is 0 Å². The molecule has 0 fully saturated rings. The summed E-state index contributed by atoms with van der Waals surface area (Å²) in [6.45, 7) is 6.10. The van der Waals surface area contributed by atoms with E-state index in [1.54, 1.807) is 18.4 Å². The second kappa shape index (κ2) is 7.65. The molecule has 0 aliphatic heterocycles. The smallest absolute Gasteiger partial charge is 0.230 e. The fourth-order valence-electron chi connectivity index (χ4n) is 2.48. The first-order valence-corrected chi connectivity index (χ1v) is 9.18. The maximum atomic E-state index is 12.3. The third-order valence-corrected chi connectivity index (χ3v) is 5.09. The van der Waals surface area contributed by atoms with Gasteiger partial charge >= 0.3 is 0 Å². The predicted octanol–water partition coefficient (Wildman–Crippen LogP) is 2.84. The van der Waals surface area contributed by atoms with Gasteiger partial charge in [-0.05, 0) is 49.6 Å². The predicted molar refractivity (Wildman–Crippen MR) is 101 cm³/mol. The first kappa shape index (κ1) is 18.1. The van der Waals surface area contributed by atoms with Crippen molar-refractivity contribution in [2.45, 2.75) is 32.0 Å². The van der Waals surface area contributed by atoms with E-state index >= 15 is 0 Å². The first-order valence-electron chi connectivity index (χ1n) is 8.19. The molecular formula is C18H21N5O2S. The molecule has 2 aromatic heterocycles. The molecule has 0 aliphatic rings. The number of aromatic nitrogens is 3. The summed E-state index contributed by atoms with van der Waals surface area (Å²) in [4.78, 5) is 12.3. The fraction of sp³-hybridized carbons (Fsp3) is 0.278. The van der Waals surface area contributed by atoms with Gasteiger partial charge < -0.3 is 15.6 Å². The molecule has 3 rings (SSSR count). The molecule has 0 unspecified atom stereocenters. The third kappa shape index (κ3) is 3.91. The Morgan fingerprint density at radius 2 is 2.12 bits per heavy atom. The van der Waals surface area contributed by atoms with Gasteiger partial charge in [-0.3, -0.25) is 4.79 Å². The number of aryl methyl sites for hydroxylation is 2. The highest BCUT2D eigenvalue weighted by Gasteiger charge is 2.16. The summed E-state index contributed by atoms with van der Waals surface area (Å²) in [5, 5.41) is 11.5. The van der Waals surface area contributed by atoms with Crippen LogP contribution in [-0.2, 0) is 4.79 Å². The number of nitrogens with one attached hydrogen (secondary N) is 1. The monoisotopic (exact) mass is 371 g/mol. The largest absolute Gasteiger partial charge is 0.461 e. The van der Waals surface area contributed by atoms with Crippen molar-refractivity contribution in [2.75, 3.05) is 11.6 Å². The zero-order valence-electron chi connectivity index (χ0n) is 14.9. The number of nitrogens with zero attached hydrogens (tertiary/aromatic N) is 3. The van der Waals surface area contributed by atoms with Crippen LogP contribution in [0.5, 0.6) is 0 Å². The summed E-state index contributed by atoms with van der Waals surface area (Å²) in [7, 11) is 0. The van der Waals surface area contributed by atoms with Gasteiger partial charge in [0.15, 0.2) is 5.76 Å². The maximum absolute atomic E-state index is 12.3. The van der Waals surface area contributed by atoms with E-state index < -0.39 is 0 Å². The Bertz CT molecular complexity index is 904. The molecule has 1 atom stereocenters. The lowest BCUT2D eigenvalue weighted by molar-refractivity contribution is -0.119. The zero-order valence-corrected chi connectivity index (χ0v) is 15.7. The molecule has 7 nitrogen and oxygen atoms in total. The number of carbonyl (C=O) groups excluding carboxylic acids is 1. The SMILES string of the molecule is Cc1ccc([C@@H](C)NC(=O)CSc2nnc(-c3ccco3)n2N)cc1C. The van der Waals surface area contributed by atoms with Crippen LogP contribution in [0.1, 0.15) is 29.7 Å². The number of carbonyl (C=O) groups is 1. The summed E-state index contributed by atoms with van der Waals surface area (Å²) in [6.07, 6.45) is 1.54. The van der Waals surface area contributed by atoms with Crippen molar-refractivity contribution in [3.63, 3.8) is 0 Å². The van der Waals surface area contributed by atoms with Gasteiger partial charge in [-0.15, -0.1) is 10.2 Å². The average molecular weight is 371 g/mol. The summed E-state index contributed by atoms with van der Waals surface area (Å²) < 4.78 is 6.59. The van der Waals surface area contributed by atoms with E-state index in [4.69, 9.17) is 10.3 Å². The number of thioether (sulfide) groups is 1. The number of hydrogen-bond donors (Lipinski definition) is 2. The van der Waals surface area contributed by atoms with Crippen molar-refractivity contribution in [3.8, 4) is 11.6 Å². The molecule has 3 aromatic rings. The highest BCUT2D eigenvalue weighted by Crippen LogP contribution is 2.22. The molecule has 2 heterocycles. The minimum absolute atomic E-state index is 0.0724. The Kier molecular flexibility index (Phi) is 5.32. The minimum atomic E-state index is -0.0942. The van der Waals surface area contributed by atoms with E-state index in [9.17, 15) is 4.79 Å². The molecule has 1 amide bonds. The van der Waals surface area contributed by atoms with Crippen LogP contribution in [0.25, 0.3) is 11.6 Å². The Labute approximate surface area is 156 Å². The Hall–Kier alpha value is -2.74. The lowest BCUT2D eigenvalue weighted by atomic mass is 10.0. The van der Waals surface area contributed by atoms with Crippen molar-refractivity contribution in [2.24, 2.45) is 0 Å². The highest BCUT2D eigenvalue weighted by molar-refractivity contribution is 7.99. The van der Waals surface area contributed by atoms with Gasteiger partial charge in [0.2, 0.25) is 16.9 Å². The molecule has 1 aromatic carbocycles. The standard InChI is InChI=1S/C18H21N5O2S/c1-11-6-7-14(9-12(11)2)13(3)20-16(24)10-26-18-22-21-17(23(18)19)15-5-4-8-25-15/h4-9,13H,10,19H2,1-3H3,(H,20,24)/t13-/m1/s1. The van der Waals surface area contributed by atoms with Gasteiger partial charge in [0.25, 0.3) is 0 Å². The van der Waals surface area contributed by atoms with Gasteiger partial charge in [-0.25, -0.2) is 4.68 Å². The molecule has 0 spiro atoms. The first-order chi connectivity index (χ1) is 12.5. The van der Waals surface area contributed by atoms with E-state index in [0.717, 1.165) is 5.56 Å². The van der Waals surface area contributed by atoms with Crippen LogP contribution < -0.4 is 11.2 Å². The summed E-state index contributed by atoms with van der Waals surface area (Å²) in [6, 6.07) is 9.62. The van der Waals surface area contributed by atoms with Crippen LogP contribution in [0.2, 0.25) is 0 Å². The molecular weight excluding hydrogens is 350 g/mol. The Morgan fingerprint density at radius 3 is 2.81 bits per heavy atom. The highest BCUT2D eigenvalue weighted by atomic mass is 32.2. The molecule has 26 heavy (non-hydrogen) atoms. The van der Waals surface area contributed by atoms with Crippen LogP contribution in [-0.4, -0.2) is 26.5 Å². The number of nitrogen functional groups attached to an aromatic ring is 1. The van der Waals surface area contributed by atoms with Crippen LogP contribution in [0.4, 0.5) is 0 Å². The van der Waals surface area contributed by atoms with Gasteiger partial charge in [0.05, 0.1) is 18.1 Å². The number of nitrogens with two attached hydrogens (primary N) is 1. The maximum Gasteiger partial charge on any atom is 0.230 e. The Balaban J connectivity index is 1.58. The molecule has 3 N–H and O–H groups in total. The number of rotatable bonds is 6. The lowest BCUT2D eigenvalue weighted by Crippen LogP contribution is -2.28. The molecule has 0 saturated heterocycles. The molecule has 8 heteroatoms. The molecule has 0 saturated carbocycles. The number of furan rings is 1. The van der Waals surface area contributed by atoms with Crippen LogP contribution in [0.3, 0.4) is 0 Å². The molecule has 0 bridgehead atoms. The van der Waals surface area contributed by atoms with E-state index in [1.807, 2.05) is 13.0 Å².